The van der Waals surface area contributed by atoms with E-state index in [-0.39, 0.29) is 24.6 Å². The Bertz CT molecular complexity index is 189. The van der Waals surface area contributed by atoms with Crippen molar-refractivity contribution < 1.29 is 19.1 Å². The van der Waals surface area contributed by atoms with Gasteiger partial charge in [0.2, 0.25) is 0 Å². The molecular formula is C10H18O4. The van der Waals surface area contributed by atoms with Gasteiger partial charge in [-0.2, -0.15) is 0 Å². The van der Waals surface area contributed by atoms with E-state index >= 15 is 0 Å². The molecule has 0 fully saturated rings. The average Bonchev–Trinajstić information content (AvgIpc) is 2.09. The van der Waals surface area contributed by atoms with Crippen LogP contribution in [0.4, 0.5) is 0 Å². The standard InChI is InChI=1S/C10H18O4/c1-4-5-6-10(14-9(3)12)7-13-8(2)11/h10H,4-7H2,1-3H3/t10-/m0/s1. The SMILES string of the molecule is CCCC[C@@H](COC(C)=O)OC(C)=O. The van der Waals surface area contributed by atoms with E-state index in [0.717, 1.165) is 19.3 Å². The van der Waals surface area contributed by atoms with Crippen molar-refractivity contribution in [2.45, 2.75) is 46.1 Å². The van der Waals surface area contributed by atoms with Crippen LogP contribution in [0.25, 0.3) is 0 Å². The van der Waals surface area contributed by atoms with E-state index in [1.807, 2.05) is 0 Å². The molecule has 1 atom stereocenters. The molecule has 0 unspecified atom stereocenters. The lowest BCUT2D eigenvalue weighted by atomic mass is 10.2. The maximum Gasteiger partial charge on any atom is 0.303 e. The summed E-state index contributed by atoms with van der Waals surface area (Å²) in [4.78, 5) is 21.2. The van der Waals surface area contributed by atoms with Gasteiger partial charge in [0.25, 0.3) is 0 Å². The number of carbonyl (C=O) groups excluding carboxylic acids is 2. The normalized spacial score (nSPS) is 11.9. The third kappa shape index (κ3) is 7.58. The maximum atomic E-state index is 10.7. The summed E-state index contributed by atoms with van der Waals surface area (Å²) in [5.74, 6) is -0.683. The summed E-state index contributed by atoms with van der Waals surface area (Å²) >= 11 is 0. The van der Waals surface area contributed by atoms with Crippen LogP contribution in [-0.4, -0.2) is 24.6 Å². The number of unbranched alkanes of at least 4 members (excludes halogenated alkanes) is 1. The third-order valence-electron chi connectivity index (χ3n) is 1.68. The van der Waals surface area contributed by atoms with Gasteiger partial charge < -0.3 is 9.47 Å². The summed E-state index contributed by atoms with van der Waals surface area (Å²) < 4.78 is 9.77. The molecule has 0 amide bonds. The van der Waals surface area contributed by atoms with Crippen molar-refractivity contribution in [2.75, 3.05) is 6.61 Å². The fourth-order valence-corrected chi connectivity index (χ4v) is 1.05. The summed E-state index contributed by atoms with van der Waals surface area (Å²) in [5.41, 5.74) is 0. The van der Waals surface area contributed by atoms with E-state index in [2.05, 4.69) is 6.92 Å². The molecule has 0 bridgehead atoms. The molecular weight excluding hydrogens is 184 g/mol. The molecule has 4 heteroatoms. The average molecular weight is 202 g/mol. The lowest BCUT2D eigenvalue weighted by Gasteiger charge is -2.15. The Morgan fingerprint density at radius 1 is 1.21 bits per heavy atom. The summed E-state index contributed by atoms with van der Waals surface area (Å²) in [6.45, 7) is 4.91. The minimum absolute atomic E-state index is 0.162. The van der Waals surface area contributed by atoms with E-state index in [9.17, 15) is 9.59 Å². The molecule has 0 saturated carbocycles. The van der Waals surface area contributed by atoms with E-state index in [0.29, 0.717) is 0 Å². The zero-order valence-corrected chi connectivity index (χ0v) is 9.04. The predicted molar refractivity (Wildman–Crippen MR) is 51.7 cm³/mol. The van der Waals surface area contributed by atoms with Gasteiger partial charge in [-0.15, -0.1) is 0 Å². The van der Waals surface area contributed by atoms with E-state index in [4.69, 9.17) is 9.47 Å². The molecule has 0 radical (unpaired) electrons. The fraction of sp³-hybridized carbons (Fsp3) is 0.800. The van der Waals surface area contributed by atoms with Gasteiger partial charge in [-0.3, -0.25) is 9.59 Å². The molecule has 0 aliphatic heterocycles. The monoisotopic (exact) mass is 202 g/mol. The Morgan fingerprint density at radius 2 is 1.86 bits per heavy atom. The van der Waals surface area contributed by atoms with Gasteiger partial charge >= 0.3 is 11.9 Å². The highest BCUT2D eigenvalue weighted by Crippen LogP contribution is 2.06. The van der Waals surface area contributed by atoms with Gasteiger partial charge in [0, 0.05) is 13.8 Å². The second-order valence-electron chi connectivity index (χ2n) is 3.18. The first-order valence-corrected chi connectivity index (χ1v) is 4.86. The largest absolute Gasteiger partial charge is 0.462 e. The molecule has 0 aromatic carbocycles. The molecule has 0 aliphatic carbocycles. The number of hydrogen-bond donors (Lipinski definition) is 0. The number of esters is 2. The van der Waals surface area contributed by atoms with Crippen LogP contribution in [0.3, 0.4) is 0 Å². The first kappa shape index (κ1) is 12.9. The molecule has 0 rings (SSSR count). The van der Waals surface area contributed by atoms with Gasteiger partial charge in [0.15, 0.2) is 0 Å². The second kappa shape index (κ2) is 7.35. The molecule has 0 spiro atoms. The van der Waals surface area contributed by atoms with Gasteiger partial charge in [-0.25, -0.2) is 0 Å². The number of carbonyl (C=O) groups is 2. The Hall–Kier alpha value is -1.06. The van der Waals surface area contributed by atoms with Crippen molar-refractivity contribution in [3.63, 3.8) is 0 Å². The quantitative estimate of drug-likeness (QED) is 0.615. The van der Waals surface area contributed by atoms with E-state index in [1.54, 1.807) is 0 Å². The lowest BCUT2D eigenvalue weighted by molar-refractivity contribution is -0.156. The summed E-state index contributed by atoms with van der Waals surface area (Å²) in [6.07, 6.45) is 2.43. The topological polar surface area (TPSA) is 52.6 Å². The maximum absolute atomic E-state index is 10.7. The third-order valence-corrected chi connectivity index (χ3v) is 1.68. The van der Waals surface area contributed by atoms with Crippen molar-refractivity contribution in [1.29, 1.82) is 0 Å². The molecule has 82 valence electrons. The molecule has 0 heterocycles. The van der Waals surface area contributed by atoms with Gasteiger partial charge in [0.05, 0.1) is 0 Å². The predicted octanol–water partition coefficient (Wildman–Crippen LogP) is 1.67. The molecule has 0 saturated heterocycles. The summed E-state index contributed by atoms with van der Waals surface area (Å²) in [7, 11) is 0. The van der Waals surface area contributed by atoms with Gasteiger partial charge in [-0.1, -0.05) is 13.3 Å². The van der Waals surface area contributed by atoms with Crippen LogP contribution >= 0.6 is 0 Å². The highest BCUT2D eigenvalue weighted by atomic mass is 16.6. The van der Waals surface area contributed by atoms with Crippen molar-refractivity contribution in [1.82, 2.24) is 0 Å². The van der Waals surface area contributed by atoms with Crippen LogP contribution in [0.1, 0.15) is 40.0 Å². The Balaban J connectivity index is 3.83. The molecule has 4 nitrogen and oxygen atoms in total. The Labute approximate surface area is 84.6 Å². The van der Waals surface area contributed by atoms with Crippen LogP contribution < -0.4 is 0 Å². The van der Waals surface area contributed by atoms with Crippen LogP contribution in [-0.2, 0) is 19.1 Å². The molecule has 0 aliphatic rings. The van der Waals surface area contributed by atoms with Crippen LogP contribution in [0.2, 0.25) is 0 Å². The minimum atomic E-state index is -0.348. The molecule has 0 aromatic heterocycles. The Morgan fingerprint density at radius 3 is 2.29 bits per heavy atom. The van der Waals surface area contributed by atoms with Crippen LogP contribution in [0, 0.1) is 0 Å². The lowest BCUT2D eigenvalue weighted by Crippen LogP contribution is -2.23. The van der Waals surface area contributed by atoms with Crippen molar-refractivity contribution in [3.05, 3.63) is 0 Å². The van der Waals surface area contributed by atoms with E-state index < -0.39 is 0 Å². The van der Waals surface area contributed by atoms with Crippen molar-refractivity contribution in [2.24, 2.45) is 0 Å². The number of hydrogen-bond acceptors (Lipinski definition) is 4. The smallest absolute Gasteiger partial charge is 0.303 e. The first-order valence-electron chi connectivity index (χ1n) is 4.86. The minimum Gasteiger partial charge on any atom is -0.462 e. The Kier molecular flexibility index (Phi) is 6.80. The van der Waals surface area contributed by atoms with Crippen molar-refractivity contribution >= 4 is 11.9 Å². The zero-order valence-electron chi connectivity index (χ0n) is 9.04. The highest BCUT2D eigenvalue weighted by Gasteiger charge is 2.12. The molecule has 14 heavy (non-hydrogen) atoms. The van der Waals surface area contributed by atoms with Gasteiger partial charge in [-0.05, 0) is 12.8 Å². The van der Waals surface area contributed by atoms with Crippen LogP contribution in [0.5, 0.6) is 0 Å². The van der Waals surface area contributed by atoms with E-state index in [1.165, 1.54) is 13.8 Å². The number of ether oxygens (including phenoxy) is 2. The van der Waals surface area contributed by atoms with Crippen molar-refractivity contribution in [3.8, 4) is 0 Å². The fourth-order valence-electron chi connectivity index (χ4n) is 1.05. The molecule has 0 aromatic rings. The summed E-state index contributed by atoms with van der Waals surface area (Å²) in [6, 6.07) is 0. The van der Waals surface area contributed by atoms with Gasteiger partial charge in [0.1, 0.15) is 12.7 Å². The number of rotatable bonds is 6. The summed E-state index contributed by atoms with van der Waals surface area (Å²) in [5, 5.41) is 0. The highest BCUT2D eigenvalue weighted by molar-refractivity contribution is 5.67. The first-order chi connectivity index (χ1) is 6.56. The second-order valence-corrected chi connectivity index (χ2v) is 3.18. The molecule has 0 N–H and O–H groups in total. The zero-order chi connectivity index (χ0) is 11.0. The van der Waals surface area contributed by atoms with Crippen LogP contribution in [0.15, 0.2) is 0 Å².